The minimum atomic E-state index is 0.195. The smallest absolute Gasteiger partial charge is 0.232 e. The van der Waals surface area contributed by atoms with Gasteiger partial charge in [0.1, 0.15) is 11.6 Å². The van der Waals surface area contributed by atoms with Crippen LogP contribution in [0, 0.1) is 0 Å². The van der Waals surface area contributed by atoms with Crippen molar-refractivity contribution >= 4 is 29.3 Å². The SMILES string of the molecule is Cn1c(SCc2nc(N)nc(Nc3ccccc3)n2)nnc1C1CC1. The molecule has 0 radical (unpaired) electrons. The summed E-state index contributed by atoms with van der Waals surface area (Å²) in [6, 6.07) is 9.71. The Bertz CT molecular complexity index is 875. The first-order valence-electron chi connectivity index (χ1n) is 8.03. The second kappa shape index (κ2) is 6.67. The molecule has 128 valence electrons. The zero-order chi connectivity index (χ0) is 17.2. The highest BCUT2D eigenvalue weighted by molar-refractivity contribution is 7.98. The molecule has 0 aliphatic heterocycles. The van der Waals surface area contributed by atoms with Crippen molar-refractivity contribution in [3.05, 3.63) is 42.0 Å². The van der Waals surface area contributed by atoms with Gasteiger partial charge in [-0.3, -0.25) is 0 Å². The Labute approximate surface area is 149 Å². The van der Waals surface area contributed by atoms with Crippen molar-refractivity contribution in [2.45, 2.75) is 29.7 Å². The standard InChI is InChI=1S/C16H18N8S/c1-24-13(10-7-8-10)22-23-16(24)25-9-12-19-14(17)21-15(20-12)18-11-5-3-2-4-6-11/h2-6,10H,7-9H2,1H3,(H3,17,18,19,20,21). The van der Waals surface area contributed by atoms with Gasteiger partial charge in [0.05, 0.1) is 5.75 Å². The van der Waals surface area contributed by atoms with Crippen LogP contribution in [-0.2, 0) is 12.8 Å². The fourth-order valence-electron chi connectivity index (χ4n) is 2.49. The van der Waals surface area contributed by atoms with Crippen molar-refractivity contribution in [3.63, 3.8) is 0 Å². The van der Waals surface area contributed by atoms with E-state index in [-0.39, 0.29) is 5.95 Å². The second-order valence-corrected chi connectivity index (χ2v) is 6.83. The van der Waals surface area contributed by atoms with Gasteiger partial charge in [0.25, 0.3) is 0 Å². The number of nitrogen functional groups attached to an aromatic ring is 1. The largest absolute Gasteiger partial charge is 0.368 e. The molecule has 9 heteroatoms. The normalized spacial score (nSPS) is 13.8. The van der Waals surface area contributed by atoms with Crippen LogP contribution < -0.4 is 11.1 Å². The highest BCUT2D eigenvalue weighted by atomic mass is 32.2. The molecular weight excluding hydrogens is 336 g/mol. The van der Waals surface area contributed by atoms with E-state index in [9.17, 15) is 0 Å². The molecule has 1 aliphatic carbocycles. The summed E-state index contributed by atoms with van der Waals surface area (Å²) >= 11 is 1.54. The molecule has 0 atom stereocenters. The number of hydrogen-bond acceptors (Lipinski definition) is 8. The number of benzene rings is 1. The molecule has 1 fully saturated rings. The molecular formula is C16H18N8S. The van der Waals surface area contributed by atoms with Crippen LogP contribution in [0.2, 0.25) is 0 Å². The summed E-state index contributed by atoms with van der Waals surface area (Å²) in [6.45, 7) is 0. The van der Waals surface area contributed by atoms with Gasteiger partial charge < -0.3 is 15.6 Å². The average molecular weight is 354 g/mol. The van der Waals surface area contributed by atoms with Crippen molar-refractivity contribution in [1.82, 2.24) is 29.7 Å². The van der Waals surface area contributed by atoms with E-state index in [0.717, 1.165) is 16.7 Å². The molecule has 0 spiro atoms. The average Bonchev–Trinajstić information content (AvgIpc) is 3.37. The van der Waals surface area contributed by atoms with E-state index in [1.807, 2.05) is 37.4 Å². The van der Waals surface area contributed by atoms with Crippen molar-refractivity contribution in [2.75, 3.05) is 11.1 Å². The van der Waals surface area contributed by atoms with E-state index in [0.29, 0.717) is 23.4 Å². The maximum Gasteiger partial charge on any atom is 0.232 e. The number of rotatable bonds is 6. The Morgan fingerprint density at radius 2 is 1.96 bits per heavy atom. The lowest BCUT2D eigenvalue weighted by Gasteiger charge is -2.07. The molecule has 1 saturated carbocycles. The van der Waals surface area contributed by atoms with Crippen LogP contribution in [0.1, 0.15) is 30.4 Å². The van der Waals surface area contributed by atoms with E-state index < -0.39 is 0 Å². The Balaban J connectivity index is 1.47. The van der Waals surface area contributed by atoms with Crippen molar-refractivity contribution in [3.8, 4) is 0 Å². The quantitative estimate of drug-likeness (QED) is 0.650. The zero-order valence-electron chi connectivity index (χ0n) is 13.8. The third-order valence-corrected chi connectivity index (χ3v) is 4.89. The number of aromatic nitrogens is 6. The highest BCUT2D eigenvalue weighted by Crippen LogP contribution is 2.39. The molecule has 0 amide bonds. The van der Waals surface area contributed by atoms with E-state index in [4.69, 9.17) is 5.73 Å². The lowest BCUT2D eigenvalue weighted by molar-refractivity contribution is 0.736. The van der Waals surface area contributed by atoms with Gasteiger partial charge in [-0.1, -0.05) is 30.0 Å². The predicted molar refractivity (Wildman–Crippen MR) is 96.5 cm³/mol. The number of anilines is 3. The number of hydrogen-bond donors (Lipinski definition) is 2. The number of nitrogens with zero attached hydrogens (tertiary/aromatic N) is 6. The van der Waals surface area contributed by atoms with Crippen LogP contribution in [0.5, 0.6) is 0 Å². The predicted octanol–water partition coefficient (Wildman–Crippen LogP) is 2.50. The summed E-state index contributed by atoms with van der Waals surface area (Å²) in [7, 11) is 2.00. The lowest BCUT2D eigenvalue weighted by Crippen LogP contribution is -2.06. The minimum Gasteiger partial charge on any atom is -0.368 e. The summed E-state index contributed by atoms with van der Waals surface area (Å²) in [4.78, 5) is 12.8. The topological polar surface area (TPSA) is 107 Å². The molecule has 0 unspecified atom stereocenters. The maximum absolute atomic E-state index is 5.82. The number of para-hydroxylation sites is 1. The molecule has 1 aromatic carbocycles. The molecule has 4 rings (SSSR count). The summed E-state index contributed by atoms with van der Waals surface area (Å²) < 4.78 is 2.05. The van der Waals surface area contributed by atoms with E-state index in [1.54, 1.807) is 11.8 Å². The van der Waals surface area contributed by atoms with Crippen LogP contribution in [0.25, 0.3) is 0 Å². The second-order valence-electron chi connectivity index (χ2n) is 5.89. The van der Waals surface area contributed by atoms with Crippen molar-refractivity contribution in [2.24, 2.45) is 7.05 Å². The zero-order valence-corrected chi connectivity index (χ0v) is 14.6. The molecule has 25 heavy (non-hydrogen) atoms. The maximum atomic E-state index is 5.82. The fourth-order valence-corrected chi connectivity index (χ4v) is 3.26. The third kappa shape index (κ3) is 3.71. The van der Waals surface area contributed by atoms with Gasteiger partial charge in [-0.05, 0) is 25.0 Å². The Kier molecular flexibility index (Phi) is 4.22. The number of nitrogens with two attached hydrogens (primary N) is 1. The fraction of sp³-hybridized carbons (Fsp3) is 0.312. The third-order valence-electron chi connectivity index (χ3n) is 3.87. The van der Waals surface area contributed by atoms with Gasteiger partial charge in [-0.25, -0.2) is 0 Å². The van der Waals surface area contributed by atoms with Crippen LogP contribution in [-0.4, -0.2) is 29.7 Å². The molecule has 1 aliphatic rings. The summed E-state index contributed by atoms with van der Waals surface area (Å²) in [5, 5.41) is 12.5. The Morgan fingerprint density at radius 3 is 2.72 bits per heavy atom. The first-order valence-corrected chi connectivity index (χ1v) is 9.02. The van der Waals surface area contributed by atoms with Gasteiger partial charge in [0.2, 0.25) is 11.9 Å². The van der Waals surface area contributed by atoms with Gasteiger partial charge in [0, 0.05) is 18.7 Å². The molecule has 8 nitrogen and oxygen atoms in total. The van der Waals surface area contributed by atoms with Crippen LogP contribution >= 0.6 is 11.8 Å². The molecule has 3 N–H and O–H groups in total. The van der Waals surface area contributed by atoms with Crippen molar-refractivity contribution in [1.29, 1.82) is 0 Å². The number of nitrogens with one attached hydrogen (secondary N) is 1. The van der Waals surface area contributed by atoms with Gasteiger partial charge in [-0.15, -0.1) is 10.2 Å². The van der Waals surface area contributed by atoms with Gasteiger partial charge in [-0.2, -0.15) is 15.0 Å². The monoisotopic (exact) mass is 354 g/mol. The van der Waals surface area contributed by atoms with E-state index >= 15 is 0 Å². The van der Waals surface area contributed by atoms with Gasteiger partial charge >= 0.3 is 0 Å². The van der Waals surface area contributed by atoms with E-state index in [1.165, 1.54) is 12.8 Å². The van der Waals surface area contributed by atoms with E-state index in [2.05, 4.69) is 35.0 Å². The molecule has 0 saturated heterocycles. The Morgan fingerprint density at radius 1 is 1.16 bits per heavy atom. The summed E-state index contributed by atoms with van der Waals surface area (Å²) in [5.41, 5.74) is 6.72. The Hall–Kier alpha value is -2.68. The summed E-state index contributed by atoms with van der Waals surface area (Å²) in [6.07, 6.45) is 2.41. The molecule has 3 aromatic rings. The number of thioether (sulfide) groups is 1. The first kappa shape index (κ1) is 15.8. The van der Waals surface area contributed by atoms with Crippen LogP contribution in [0.4, 0.5) is 17.6 Å². The lowest BCUT2D eigenvalue weighted by atomic mass is 10.3. The van der Waals surface area contributed by atoms with Crippen LogP contribution in [0.3, 0.4) is 0 Å². The minimum absolute atomic E-state index is 0.195. The van der Waals surface area contributed by atoms with Crippen molar-refractivity contribution < 1.29 is 0 Å². The molecule has 0 bridgehead atoms. The highest BCUT2D eigenvalue weighted by Gasteiger charge is 2.29. The van der Waals surface area contributed by atoms with Gasteiger partial charge in [0.15, 0.2) is 5.16 Å². The molecule has 2 heterocycles. The molecule has 2 aromatic heterocycles. The van der Waals surface area contributed by atoms with Crippen LogP contribution in [0.15, 0.2) is 35.5 Å². The first-order chi connectivity index (χ1) is 12.2. The summed E-state index contributed by atoms with van der Waals surface area (Å²) in [5.74, 6) is 3.41.